The number of nitrogens with zero attached hydrogens (tertiary/aromatic N) is 5. The van der Waals surface area contributed by atoms with E-state index < -0.39 is 10.0 Å². The van der Waals surface area contributed by atoms with E-state index in [-0.39, 0.29) is 10.8 Å². The molecule has 0 bridgehead atoms. The van der Waals surface area contributed by atoms with Crippen molar-refractivity contribution in [2.24, 2.45) is 0 Å². The molecule has 1 fully saturated rings. The third kappa shape index (κ3) is 3.38. The van der Waals surface area contributed by atoms with Crippen molar-refractivity contribution in [1.82, 2.24) is 24.5 Å². The van der Waals surface area contributed by atoms with Crippen LogP contribution in [-0.2, 0) is 10.0 Å². The van der Waals surface area contributed by atoms with Gasteiger partial charge >= 0.3 is 0 Å². The number of rotatable bonds is 5. The molecular weight excluding hydrogens is 402 g/mol. The molecular formula is C21H17N5O3S. The summed E-state index contributed by atoms with van der Waals surface area (Å²) in [6.45, 7) is 1.15. The quantitative estimate of drug-likeness (QED) is 0.489. The summed E-state index contributed by atoms with van der Waals surface area (Å²) in [7, 11) is -3.41. The highest BCUT2D eigenvalue weighted by atomic mass is 32.2. The van der Waals surface area contributed by atoms with Gasteiger partial charge in [0.05, 0.1) is 23.0 Å². The summed E-state index contributed by atoms with van der Waals surface area (Å²) in [5, 5.41) is 8.15. The lowest BCUT2D eigenvalue weighted by Gasteiger charge is -2.29. The van der Waals surface area contributed by atoms with Crippen LogP contribution in [0.15, 0.2) is 76.3 Å². The molecule has 0 saturated carbocycles. The number of sulfonamides is 1. The third-order valence-corrected chi connectivity index (χ3v) is 6.82. The van der Waals surface area contributed by atoms with Gasteiger partial charge in [-0.1, -0.05) is 30.3 Å². The zero-order chi connectivity index (χ0) is 20.6. The standard InChI is InChI=1S/C21H17N5O3S/c27-30(28,26-11-4-12-26)17-9-7-15(8-10-17)18-13-22-14-19(23-18)21-25-24-20(29-21)16-5-2-1-3-6-16/h1-3,5-10,13-14H,4,11-12H2. The van der Waals surface area contributed by atoms with Crippen LogP contribution < -0.4 is 0 Å². The first-order valence-electron chi connectivity index (χ1n) is 9.43. The summed E-state index contributed by atoms with van der Waals surface area (Å²) in [6.07, 6.45) is 4.06. The minimum Gasteiger partial charge on any atom is -0.415 e. The van der Waals surface area contributed by atoms with Crippen LogP contribution in [0.4, 0.5) is 0 Å². The van der Waals surface area contributed by atoms with Crippen molar-refractivity contribution in [1.29, 1.82) is 0 Å². The van der Waals surface area contributed by atoms with Gasteiger partial charge in [-0.3, -0.25) is 4.98 Å². The van der Waals surface area contributed by atoms with Crippen molar-refractivity contribution in [3.8, 4) is 34.3 Å². The van der Waals surface area contributed by atoms with Gasteiger partial charge in [-0.2, -0.15) is 4.31 Å². The van der Waals surface area contributed by atoms with E-state index in [1.807, 2.05) is 30.3 Å². The van der Waals surface area contributed by atoms with Crippen LogP contribution >= 0.6 is 0 Å². The summed E-state index contributed by atoms with van der Waals surface area (Å²) in [4.78, 5) is 9.06. The van der Waals surface area contributed by atoms with E-state index >= 15 is 0 Å². The lowest BCUT2D eigenvalue weighted by Crippen LogP contribution is -2.41. The molecule has 2 aromatic carbocycles. The first-order chi connectivity index (χ1) is 14.6. The molecule has 0 radical (unpaired) electrons. The number of aromatic nitrogens is 4. The molecule has 0 aliphatic carbocycles. The molecule has 3 heterocycles. The maximum absolute atomic E-state index is 12.5. The van der Waals surface area contributed by atoms with Gasteiger partial charge in [0.1, 0.15) is 5.69 Å². The molecule has 2 aromatic heterocycles. The Morgan fingerprint density at radius 2 is 1.50 bits per heavy atom. The molecule has 1 saturated heterocycles. The van der Waals surface area contributed by atoms with Crippen molar-refractivity contribution in [2.45, 2.75) is 11.3 Å². The molecule has 1 aliphatic heterocycles. The molecule has 0 amide bonds. The molecule has 0 N–H and O–H groups in total. The van der Waals surface area contributed by atoms with E-state index in [9.17, 15) is 8.42 Å². The zero-order valence-corrected chi connectivity index (χ0v) is 16.7. The molecule has 0 spiro atoms. The maximum Gasteiger partial charge on any atom is 0.268 e. The first kappa shape index (κ1) is 18.6. The highest BCUT2D eigenvalue weighted by Crippen LogP contribution is 2.26. The van der Waals surface area contributed by atoms with Crippen molar-refractivity contribution in [3.63, 3.8) is 0 Å². The van der Waals surface area contributed by atoms with Gasteiger partial charge in [0.25, 0.3) is 5.89 Å². The van der Waals surface area contributed by atoms with Gasteiger partial charge < -0.3 is 4.42 Å². The lowest BCUT2D eigenvalue weighted by molar-refractivity contribution is 0.309. The largest absolute Gasteiger partial charge is 0.415 e. The Labute approximate surface area is 173 Å². The fourth-order valence-corrected chi connectivity index (χ4v) is 4.62. The normalized spacial score (nSPS) is 14.4. The number of hydrogen-bond donors (Lipinski definition) is 0. The Hall–Kier alpha value is -3.43. The van der Waals surface area contributed by atoms with Crippen molar-refractivity contribution in [3.05, 3.63) is 67.0 Å². The van der Waals surface area contributed by atoms with Gasteiger partial charge in [0.2, 0.25) is 15.9 Å². The Morgan fingerprint density at radius 1 is 0.800 bits per heavy atom. The zero-order valence-electron chi connectivity index (χ0n) is 15.8. The Kier molecular flexibility index (Phi) is 4.61. The fraction of sp³-hybridized carbons (Fsp3) is 0.143. The Morgan fingerprint density at radius 3 is 2.20 bits per heavy atom. The van der Waals surface area contributed by atoms with Crippen LogP contribution in [0.5, 0.6) is 0 Å². The van der Waals surface area contributed by atoms with E-state index in [1.54, 1.807) is 36.7 Å². The SMILES string of the molecule is O=S(=O)(c1ccc(-c2cncc(-c3nnc(-c4ccccc4)o3)n2)cc1)N1CCC1. The Balaban J connectivity index is 1.42. The molecule has 0 atom stereocenters. The number of hydrogen-bond acceptors (Lipinski definition) is 7. The lowest BCUT2D eigenvalue weighted by atomic mass is 10.1. The second-order valence-corrected chi connectivity index (χ2v) is 8.79. The van der Waals surface area contributed by atoms with Gasteiger partial charge in [-0.05, 0) is 30.7 Å². The first-order valence-corrected chi connectivity index (χ1v) is 10.9. The van der Waals surface area contributed by atoms with Crippen LogP contribution in [0.25, 0.3) is 34.3 Å². The van der Waals surface area contributed by atoms with Gasteiger partial charge in [-0.25, -0.2) is 13.4 Å². The van der Waals surface area contributed by atoms with Crippen molar-refractivity contribution < 1.29 is 12.8 Å². The molecule has 5 rings (SSSR count). The van der Waals surface area contributed by atoms with Crippen LogP contribution in [0, 0.1) is 0 Å². The smallest absolute Gasteiger partial charge is 0.268 e. The van der Waals surface area contributed by atoms with Crippen LogP contribution in [0.2, 0.25) is 0 Å². The summed E-state index contributed by atoms with van der Waals surface area (Å²) >= 11 is 0. The highest BCUT2D eigenvalue weighted by Gasteiger charge is 2.29. The van der Waals surface area contributed by atoms with E-state index in [0.29, 0.717) is 30.4 Å². The van der Waals surface area contributed by atoms with E-state index in [2.05, 4.69) is 20.2 Å². The van der Waals surface area contributed by atoms with Crippen molar-refractivity contribution in [2.75, 3.05) is 13.1 Å². The van der Waals surface area contributed by atoms with Crippen LogP contribution in [-0.4, -0.2) is 46.0 Å². The topological polar surface area (TPSA) is 102 Å². The Bertz CT molecular complexity index is 1280. The second-order valence-electron chi connectivity index (χ2n) is 6.85. The summed E-state index contributed by atoms with van der Waals surface area (Å²) < 4.78 is 32.2. The molecule has 30 heavy (non-hydrogen) atoms. The average molecular weight is 419 g/mol. The predicted molar refractivity (Wildman–Crippen MR) is 110 cm³/mol. The van der Waals surface area contributed by atoms with Gasteiger partial charge in [0, 0.05) is 24.2 Å². The monoisotopic (exact) mass is 419 g/mol. The maximum atomic E-state index is 12.5. The van der Waals surface area contributed by atoms with Crippen LogP contribution in [0.3, 0.4) is 0 Å². The van der Waals surface area contributed by atoms with Crippen molar-refractivity contribution >= 4 is 10.0 Å². The van der Waals surface area contributed by atoms with Gasteiger partial charge in [-0.15, -0.1) is 10.2 Å². The van der Waals surface area contributed by atoms with E-state index in [0.717, 1.165) is 17.5 Å². The molecule has 150 valence electrons. The van der Waals surface area contributed by atoms with Gasteiger partial charge in [0.15, 0.2) is 0 Å². The molecule has 8 nitrogen and oxygen atoms in total. The second kappa shape index (κ2) is 7.43. The summed E-state index contributed by atoms with van der Waals surface area (Å²) in [5.41, 5.74) is 2.59. The highest BCUT2D eigenvalue weighted by molar-refractivity contribution is 7.89. The molecule has 9 heteroatoms. The molecule has 0 unspecified atom stereocenters. The average Bonchev–Trinajstić information content (AvgIpc) is 3.23. The van der Waals surface area contributed by atoms with E-state index in [1.165, 1.54) is 4.31 Å². The molecule has 1 aliphatic rings. The van der Waals surface area contributed by atoms with E-state index in [4.69, 9.17) is 4.42 Å². The minimum atomic E-state index is -3.41. The fourth-order valence-electron chi connectivity index (χ4n) is 3.11. The third-order valence-electron chi connectivity index (χ3n) is 4.90. The minimum absolute atomic E-state index is 0.264. The van der Waals surface area contributed by atoms with Crippen LogP contribution in [0.1, 0.15) is 6.42 Å². The predicted octanol–water partition coefficient (Wildman–Crippen LogP) is 3.26. The summed E-state index contributed by atoms with van der Waals surface area (Å²) in [5.74, 6) is 0.665. The summed E-state index contributed by atoms with van der Waals surface area (Å²) in [6, 6.07) is 16.1. The molecule has 4 aromatic rings. The number of benzene rings is 2.